The summed E-state index contributed by atoms with van der Waals surface area (Å²) >= 11 is 0. The Morgan fingerprint density at radius 2 is 1.81 bits per heavy atom. The van der Waals surface area contributed by atoms with Gasteiger partial charge in [-0.3, -0.25) is 9.59 Å². The molecule has 3 aromatic rings. The monoisotopic (exact) mass is 419 g/mol. The van der Waals surface area contributed by atoms with E-state index in [1.807, 2.05) is 39.0 Å². The zero-order valence-corrected chi connectivity index (χ0v) is 17.8. The molecule has 1 N–H and O–H groups in total. The van der Waals surface area contributed by atoms with Crippen molar-refractivity contribution >= 4 is 11.6 Å². The van der Waals surface area contributed by atoms with Gasteiger partial charge in [-0.1, -0.05) is 19.1 Å². The number of rotatable bonds is 5. The van der Waals surface area contributed by atoms with E-state index >= 15 is 0 Å². The van der Waals surface area contributed by atoms with Crippen molar-refractivity contribution in [2.75, 3.05) is 18.5 Å². The molecule has 0 saturated carbocycles. The Kier molecular flexibility index (Phi) is 5.75. The fourth-order valence-corrected chi connectivity index (χ4v) is 3.52. The molecule has 7 heteroatoms. The number of carbonyl (C=O) groups excluding carboxylic acids is 1. The maximum absolute atomic E-state index is 13.0. The van der Waals surface area contributed by atoms with Crippen LogP contribution in [0.3, 0.4) is 0 Å². The third-order valence-corrected chi connectivity index (χ3v) is 5.42. The molecular weight excluding hydrogens is 394 g/mol. The molecule has 4 rings (SSSR count). The van der Waals surface area contributed by atoms with Gasteiger partial charge in [-0.25, -0.2) is 4.68 Å². The average molecular weight is 419 g/mol. The predicted octanol–water partition coefficient (Wildman–Crippen LogP) is 3.89. The van der Waals surface area contributed by atoms with Crippen LogP contribution in [0.2, 0.25) is 0 Å². The van der Waals surface area contributed by atoms with Gasteiger partial charge in [0.2, 0.25) is 5.91 Å². The van der Waals surface area contributed by atoms with Crippen LogP contribution in [0.4, 0.5) is 5.69 Å². The molecule has 1 aromatic heterocycles. The minimum atomic E-state index is -0.743. The minimum absolute atomic E-state index is 0.314. The summed E-state index contributed by atoms with van der Waals surface area (Å²) < 4.78 is 12.4. The van der Waals surface area contributed by atoms with E-state index in [9.17, 15) is 9.59 Å². The Hall–Kier alpha value is -3.61. The van der Waals surface area contributed by atoms with Gasteiger partial charge >= 0.3 is 0 Å². The standard InChI is InChI=1S/C24H25N3O4/c1-4-20(24(29)25-18-7-9-21-22(14-18)31-12-11-30-21)27-23(28)10-8-19(26-27)17-6-5-15(2)16(3)13-17/h5-10,13-14,20H,4,11-12H2,1-3H3,(H,25,29). The molecule has 7 nitrogen and oxygen atoms in total. The highest BCUT2D eigenvalue weighted by molar-refractivity contribution is 5.94. The van der Waals surface area contributed by atoms with Crippen LogP contribution in [0.25, 0.3) is 11.3 Å². The Morgan fingerprint density at radius 1 is 1.03 bits per heavy atom. The number of hydrogen-bond acceptors (Lipinski definition) is 5. The van der Waals surface area contributed by atoms with Crippen molar-refractivity contribution in [2.24, 2.45) is 0 Å². The van der Waals surface area contributed by atoms with Crippen molar-refractivity contribution in [3.63, 3.8) is 0 Å². The molecule has 1 aliphatic heterocycles. The van der Waals surface area contributed by atoms with Gasteiger partial charge in [-0.2, -0.15) is 5.10 Å². The highest BCUT2D eigenvalue weighted by Crippen LogP contribution is 2.33. The summed E-state index contributed by atoms with van der Waals surface area (Å²) in [5, 5.41) is 7.39. The van der Waals surface area contributed by atoms with Crippen molar-refractivity contribution in [3.8, 4) is 22.8 Å². The largest absolute Gasteiger partial charge is 0.486 e. The summed E-state index contributed by atoms with van der Waals surface area (Å²) in [4.78, 5) is 25.6. The van der Waals surface area contributed by atoms with Crippen molar-refractivity contribution in [1.29, 1.82) is 0 Å². The molecule has 1 unspecified atom stereocenters. The molecule has 2 heterocycles. The second kappa shape index (κ2) is 8.63. The van der Waals surface area contributed by atoms with Crippen LogP contribution < -0.4 is 20.3 Å². The number of aromatic nitrogens is 2. The number of amides is 1. The first-order valence-electron chi connectivity index (χ1n) is 10.3. The van der Waals surface area contributed by atoms with Gasteiger partial charge in [0.25, 0.3) is 5.56 Å². The number of aryl methyl sites for hydroxylation is 2. The Labute approximate surface area is 180 Å². The molecule has 0 bridgehead atoms. The SMILES string of the molecule is CCC(C(=O)Nc1ccc2c(c1)OCCO2)n1nc(-c2ccc(C)c(C)c2)ccc1=O. The zero-order chi connectivity index (χ0) is 22.0. The number of fused-ring (bicyclic) bond motifs is 1. The number of anilines is 1. The van der Waals surface area contributed by atoms with Gasteiger partial charge in [0.1, 0.15) is 19.3 Å². The van der Waals surface area contributed by atoms with Crippen molar-refractivity contribution in [1.82, 2.24) is 9.78 Å². The van der Waals surface area contributed by atoms with Crippen LogP contribution >= 0.6 is 0 Å². The molecule has 1 aliphatic rings. The van der Waals surface area contributed by atoms with Crippen LogP contribution in [0.5, 0.6) is 11.5 Å². The smallest absolute Gasteiger partial charge is 0.267 e. The third kappa shape index (κ3) is 4.30. The third-order valence-electron chi connectivity index (χ3n) is 5.42. The van der Waals surface area contributed by atoms with E-state index in [1.54, 1.807) is 24.3 Å². The van der Waals surface area contributed by atoms with Crippen LogP contribution in [-0.2, 0) is 4.79 Å². The molecule has 0 spiro atoms. The second-order valence-electron chi connectivity index (χ2n) is 7.57. The second-order valence-corrected chi connectivity index (χ2v) is 7.57. The van der Waals surface area contributed by atoms with Gasteiger partial charge < -0.3 is 14.8 Å². The Bertz CT molecular complexity index is 1190. The lowest BCUT2D eigenvalue weighted by atomic mass is 10.0. The number of carbonyl (C=O) groups is 1. The summed E-state index contributed by atoms with van der Waals surface area (Å²) in [5.74, 6) is 0.922. The van der Waals surface area contributed by atoms with Crippen LogP contribution in [0, 0.1) is 13.8 Å². The van der Waals surface area contributed by atoms with Crippen LogP contribution in [0.15, 0.2) is 53.3 Å². The van der Waals surface area contributed by atoms with Gasteiger partial charge in [0.15, 0.2) is 11.5 Å². The maximum atomic E-state index is 13.0. The van der Waals surface area contributed by atoms with Crippen molar-refractivity contribution < 1.29 is 14.3 Å². The molecule has 31 heavy (non-hydrogen) atoms. The predicted molar refractivity (Wildman–Crippen MR) is 119 cm³/mol. The van der Waals surface area contributed by atoms with Gasteiger partial charge in [-0.05, 0) is 55.7 Å². The summed E-state index contributed by atoms with van der Waals surface area (Å²) in [6, 6.07) is 13.7. The molecule has 1 atom stereocenters. The fraction of sp³-hybridized carbons (Fsp3) is 0.292. The van der Waals surface area contributed by atoms with E-state index in [1.165, 1.54) is 16.3 Å². The van der Waals surface area contributed by atoms with Crippen LogP contribution in [0.1, 0.15) is 30.5 Å². The molecule has 2 aromatic carbocycles. The molecular formula is C24H25N3O4. The number of ether oxygens (including phenoxy) is 2. The highest BCUT2D eigenvalue weighted by atomic mass is 16.6. The zero-order valence-electron chi connectivity index (χ0n) is 17.8. The molecule has 0 aliphatic carbocycles. The van der Waals surface area contributed by atoms with E-state index in [0.29, 0.717) is 42.5 Å². The van der Waals surface area contributed by atoms with Gasteiger partial charge in [0.05, 0.1) is 5.69 Å². The lowest BCUT2D eigenvalue weighted by molar-refractivity contribution is -0.119. The molecule has 160 valence electrons. The molecule has 0 fully saturated rings. The van der Waals surface area contributed by atoms with Crippen LogP contribution in [-0.4, -0.2) is 28.9 Å². The van der Waals surface area contributed by atoms with Crippen molar-refractivity contribution in [2.45, 2.75) is 33.2 Å². The number of hydrogen-bond donors (Lipinski definition) is 1. The summed E-state index contributed by atoms with van der Waals surface area (Å²) in [5.41, 5.74) is 4.12. The molecule has 0 radical (unpaired) electrons. The summed E-state index contributed by atoms with van der Waals surface area (Å²) in [6.07, 6.45) is 0.416. The Morgan fingerprint density at radius 3 is 2.55 bits per heavy atom. The normalized spacial score (nSPS) is 13.5. The number of nitrogens with one attached hydrogen (secondary N) is 1. The number of benzene rings is 2. The summed E-state index contributed by atoms with van der Waals surface area (Å²) in [6.45, 7) is 6.90. The first kappa shape index (κ1) is 20.7. The van der Waals surface area contributed by atoms with Gasteiger partial charge in [-0.15, -0.1) is 0 Å². The first-order chi connectivity index (χ1) is 15.0. The minimum Gasteiger partial charge on any atom is -0.486 e. The Balaban J connectivity index is 1.61. The average Bonchev–Trinajstić information content (AvgIpc) is 2.77. The van der Waals surface area contributed by atoms with Gasteiger partial charge in [0, 0.05) is 23.4 Å². The summed E-state index contributed by atoms with van der Waals surface area (Å²) in [7, 11) is 0. The quantitative estimate of drug-likeness (QED) is 0.679. The van der Waals surface area contributed by atoms with E-state index in [2.05, 4.69) is 10.4 Å². The number of nitrogens with zero attached hydrogens (tertiary/aromatic N) is 2. The first-order valence-corrected chi connectivity index (χ1v) is 10.3. The molecule has 0 saturated heterocycles. The lowest BCUT2D eigenvalue weighted by Crippen LogP contribution is -2.34. The van der Waals surface area contributed by atoms with E-state index in [4.69, 9.17) is 9.47 Å². The fourth-order valence-electron chi connectivity index (χ4n) is 3.52. The highest BCUT2D eigenvalue weighted by Gasteiger charge is 2.22. The van der Waals surface area contributed by atoms with Crippen molar-refractivity contribution in [3.05, 3.63) is 70.0 Å². The lowest BCUT2D eigenvalue weighted by Gasteiger charge is -2.20. The molecule has 1 amide bonds. The van der Waals surface area contributed by atoms with E-state index in [0.717, 1.165) is 11.1 Å². The topological polar surface area (TPSA) is 82.4 Å². The van der Waals surface area contributed by atoms with E-state index < -0.39 is 6.04 Å². The van der Waals surface area contributed by atoms with E-state index in [-0.39, 0.29) is 11.5 Å². The maximum Gasteiger partial charge on any atom is 0.267 e.